The summed E-state index contributed by atoms with van der Waals surface area (Å²) in [5.74, 6) is 0.290. The first-order valence-electron chi connectivity index (χ1n) is 7.67. The Labute approximate surface area is 140 Å². The van der Waals surface area contributed by atoms with Gasteiger partial charge >= 0.3 is 6.03 Å². The van der Waals surface area contributed by atoms with Crippen molar-refractivity contribution < 1.29 is 9.59 Å². The number of nitrogens with zero attached hydrogens (tertiary/aromatic N) is 2. The van der Waals surface area contributed by atoms with Crippen LogP contribution in [-0.4, -0.2) is 33.8 Å². The van der Waals surface area contributed by atoms with Crippen molar-refractivity contribution in [2.75, 3.05) is 12.3 Å². The molecule has 6 nitrogen and oxygen atoms in total. The Hall–Kier alpha value is -2.02. The summed E-state index contributed by atoms with van der Waals surface area (Å²) in [5.41, 5.74) is 1.98. The number of para-hydroxylation sites is 2. The van der Waals surface area contributed by atoms with Crippen LogP contribution in [0.2, 0.25) is 0 Å². The lowest BCUT2D eigenvalue weighted by molar-refractivity contribution is -0.117. The average Bonchev–Trinajstić information content (AvgIpc) is 2.83. The lowest BCUT2D eigenvalue weighted by Crippen LogP contribution is -2.40. The van der Waals surface area contributed by atoms with Crippen molar-refractivity contribution in [2.24, 2.45) is 5.92 Å². The highest BCUT2D eigenvalue weighted by molar-refractivity contribution is 7.99. The molecule has 1 aromatic heterocycles. The summed E-state index contributed by atoms with van der Waals surface area (Å²) in [6, 6.07) is 7.46. The monoisotopic (exact) mass is 334 g/mol. The summed E-state index contributed by atoms with van der Waals surface area (Å²) in [6.07, 6.45) is 0. The number of thioether (sulfide) groups is 1. The highest BCUT2D eigenvalue weighted by Gasteiger charge is 2.14. The molecule has 1 aromatic carbocycles. The van der Waals surface area contributed by atoms with Crippen LogP contribution in [0.5, 0.6) is 0 Å². The van der Waals surface area contributed by atoms with Gasteiger partial charge in [0.25, 0.3) is 0 Å². The van der Waals surface area contributed by atoms with Gasteiger partial charge < -0.3 is 9.88 Å². The fourth-order valence-electron chi connectivity index (χ4n) is 2.20. The number of amides is 3. The number of aromatic nitrogens is 2. The average molecular weight is 334 g/mol. The molecule has 0 saturated carbocycles. The van der Waals surface area contributed by atoms with Gasteiger partial charge in [-0.25, -0.2) is 9.78 Å². The SMILES string of the molecule is CCNC(=O)NC(=O)CSc1nc2ccccc2n1CC(C)C. The molecule has 1 heterocycles. The van der Waals surface area contributed by atoms with Gasteiger partial charge in [-0.3, -0.25) is 10.1 Å². The van der Waals surface area contributed by atoms with Crippen molar-refractivity contribution in [3.05, 3.63) is 24.3 Å². The summed E-state index contributed by atoms with van der Waals surface area (Å²) < 4.78 is 2.13. The molecule has 0 fully saturated rings. The van der Waals surface area contributed by atoms with Crippen LogP contribution >= 0.6 is 11.8 Å². The third-order valence-electron chi connectivity index (χ3n) is 3.09. The Bertz CT molecular complexity index is 696. The molecule has 0 spiro atoms. The molecule has 7 heteroatoms. The molecule has 2 rings (SSSR count). The predicted octanol–water partition coefficient (Wildman–Crippen LogP) is 2.63. The first kappa shape index (κ1) is 17.3. The number of imidazole rings is 1. The Morgan fingerprint density at radius 1 is 1.30 bits per heavy atom. The van der Waals surface area contributed by atoms with Gasteiger partial charge in [0.05, 0.1) is 16.8 Å². The minimum Gasteiger partial charge on any atom is -0.338 e. The number of imide groups is 1. The molecule has 2 N–H and O–H groups in total. The standard InChI is InChI=1S/C16H22N4O2S/c1-4-17-15(22)19-14(21)10-23-16-18-12-7-5-6-8-13(12)20(16)9-11(2)3/h5-8,11H,4,9-10H2,1-3H3,(H2,17,19,21,22). The van der Waals surface area contributed by atoms with E-state index in [-0.39, 0.29) is 11.7 Å². The van der Waals surface area contributed by atoms with Crippen LogP contribution in [0.1, 0.15) is 20.8 Å². The first-order chi connectivity index (χ1) is 11.0. The molecule has 3 amide bonds. The quantitative estimate of drug-likeness (QED) is 0.796. The smallest absolute Gasteiger partial charge is 0.321 e. The maximum absolute atomic E-state index is 11.8. The van der Waals surface area contributed by atoms with E-state index in [1.807, 2.05) is 24.3 Å². The number of fused-ring (bicyclic) bond motifs is 1. The molecule has 0 radical (unpaired) electrons. The van der Waals surface area contributed by atoms with Crippen molar-refractivity contribution in [3.8, 4) is 0 Å². The van der Waals surface area contributed by atoms with E-state index in [1.54, 1.807) is 6.92 Å². The number of urea groups is 1. The van der Waals surface area contributed by atoms with Crippen molar-refractivity contribution in [2.45, 2.75) is 32.5 Å². The molecule has 0 bridgehead atoms. The molecule has 0 aliphatic carbocycles. The van der Waals surface area contributed by atoms with Crippen LogP contribution in [-0.2, 0) is 11.3 Å². The van der Waals surface area contributed by atoms with E-state index in [0.717, 1.165) is 22.7 Å². The van der Waals surface area contributed by atoms with Crippen LogP contribution in [0, 0.1) is 5.92 Å². The van der Waals surface area contributed by atoms with Gasteiger partial charge in [0.1, 0.15) is 0 Å². The van der Waals surface area contributed by atoms with E-state index in [1.165, 1.54) is 11.8 Å². The molecule has 23 heavy (non-hydrogen) atoms. The number of benzene rings is 1. The van der Waals surface area contributed by atoms with Gasteiger partial charge in [-0.2, -0.15) is 0 Å². The number of carbonyl (C=O) groups is 2. The maximum Gasteiger partial charge on any atom is 0.321 e. The van der Waals surface area contributed by atoms with E-state index in [4.69, 9.17) is 0 Å². The molecular weight excluding hydrogens is 312 g/mol. The highest BCUT2D eigenvalue weighted by atomic mass is 32.2. The van der Waals surface area contributed by atoms with Gasteiger partial charge in [0.2, 0.25) is 5.91 Å². The zero-order chi connectivity index (χ0) is 16.8. The Morgan fingerprint density at radius 3 is 2.74 bits per heavy atom. The normalized spacial score (nSPS) is 11.0. The maximum atomic E-state index is 11.8. The summed E-state index contributed by atoms with van der Waals surface area (Å²) in [6.45, 7) is 7.40. The summed E-state index contributed by atoms with van der Waals surface area (Å²) in [4.78, 5) is 27.8. The van der Waals surface area contributed by atoms with Crippen molar-refractivity contribution in [1.82, 2.24) is 20.2 Å². The summed E-state index contributed by atoms with van der Waals surface area (Å²) >= 11 is 1.34. The molecule has 0 unspecified atom stereocenters. The van der Waals surface area contributed by atoms with E-state index >= 15 is 0 Å². The van der Waals surface area contributed by atoms with Gasteiger partial charge in [0, 0.05) is 13.1 Å². The van der Waals surface area contributed by atoms with E-state index in [9.17, 15) is 9.59 Å². The minimum absolute atomic E-state index is 0.151. The minimum atomic E-state index is -0.464. The van der Waals surface area contributed by atoms with Crippen LogP contribution in [0.3, 0.4) is 0 Å². The van der Waals surface area contributed by atoms with Crippen molar-refractivity contribution in [3.63, 3.8) is 0 Å². The lowest BCUT2D eigenvalue weighted by Gasteiger charge is -2.11. The second kappa shape index (κ2) is 8.01. The van der Waals surface area contributed by atoms with Gasteiger partial charge in [-0.15, -0.1) is 0 Å². The van der Waals surface area contributed by atoms with Crippen molar-refractivity contribution >= 4 is 34.7 Å². The summed E-state index contributed by atoms with van der Waals surface area (Å²) in [7, 11) is 0. The van der Waals surface area contributed by atoms with Crippen molar-refractivity contribution in [1.29, 1.82) is 0 Å². The molecular formula is C16H22N4O2S. The number of hydrogen-bond acceptors (Lipinski definition) is 4. The van der Waals surface area contributed by atoms with E-state index in [0.29, 0.717) is 12.5 Å². The van der Waals surface area contributed by atoms with Gasteiger partial charge in [-0.05, 0) is 25.0 Å². The molecule has 124 valence electrons. The lowest BCUT2D eigenvalue weighted by atomic mass is 10.2. The zero-order valence-corrected chi connectivity index (χ0v) is 14.4. The molecule has 0 atom stereocenters. The van der Waals surface area contributed by atoms with Crippen LogP contribution in [0.15, 0.2) is 29.4 Å². The second-order valence-corrected chi connectivity index (χ2v) is 6.53. The van der Waals surface area contributed by atoms with Gasteiger partial charge in [-0.1, -0.05) is 37.7 Å². The third kappa shape index (κ3) is 4.72. The van der Waals surface area contributed by atoms with Crippen LogP contribution < -0.4 is 10.6 Å². The van der Waals surface area contributed by atoms with Crippen LogP contribution in [0.25, 0.3) is 11.0 Å². The third-order valence-corrected chi connectivity index (χ3v) is 4.07. The van der Waals surface area contributed by atoms with Crippen LogP contribution in [0.4, 0.5) is 4.79 Å². The van der Waals surface area contributed by atoms with E-state index < -0.39 is 6.03 Å². The molecule has 0 aliphatic heterocycles. The molecule has 0 aliphatic rings. The topological polar surface area (TPSA) is 76.0 Å². The Balaban J connectivity index is 2.10. The molecule has 2 aromatic rings. The van der Waals surface area contributed by atoms with E-state index in [2.05, 4.69) is 34.0 Å². The first-order valence-corrected chi connectivity index (χ1v) is 8.65. The fraction of sp³-hybridized carbons (Fsp3) is 0.438. The Kier molecular flexibility index (Phi) is 6.04. The number of rotatable bonds is 6. The number of hydrogen-bond donors (Lipinski definition) is 2. The fourth-order valence-corrected chi connectivity index (χ4v) is 3.03. The second-order valence-electron chi connectivity index (χ2n) is 5.58. The predicted molar refractivity (Wildman–Crippen MR) is 92.5 cm³/mol. The van der Waals surface area contributed by atoms with Gasteiger partial charge in [0.15, 0.2) is 5.16 Å². The largest absolute Gasteiger partial charge is 0.338 e. The summed E-state index contributed by atoms with van der Waals surface area (Å²) in [5, 5.41) is 5.63. The highest BCUT2D eigenvalue weighted by Crippen LogP contribution is 2.25. The zero-order valence-electron chi connectivity index (χ0n) is 13.6. The number of nitrogens with one attached hydrogen (secondary N) is 2. The molecule has 0 saturated heterocycles. The number of carbonyl (C=O) groups excluding carboxylic acids is 2. The Morgan fingerprint density at radius 2 is 2.04 bits per heavy atom.